The molecule has 0 aliphatic carbocycles. The molecule has 0 spiro atoms. The lowest BCUT2D eigenvalue weighted by Gasteiger charge is -2.25. The van der Waals surface area contributed by atoms with Gasteiger partial charge in [-0.05, 0) is 26.7 Å². The third-order valence-electron chi connectivity index (χ3n) is 2.17. The van der Waals surface area contributed by atoms with Crippen LogP contribution >= 0.6 is 11.6 Å². The first-order valence-electron chi connectivity index (χ1n) is 4.57. The van der Waals surface area contributed by atoms with Crippen LogP contribution in [0.2, 0.25) is 0 Å². The average Bonchev–Trinajstić information content (AvgIpc) is 2.53. The summed E-state index contributed by atoms with van der Waals surface area (Å²) in [5, 5.41) is 3.39. The molecule has 0 amide bonds. The molecule has 1 rings (SSSR count). The smallest absolute Gasteiger partial charge is 0.0700 e. The molecule has 2 nitrogen and oxygen atoms in total. The molecule has 1 aliphatic heterocycles. The summed E-state index contributed by atoms with van der Waals surface area (Å²) in [7, 11) is 0. The summed E-state index contributed by atoms with van der Waals surface area (Å²) >= 11 is 5.78. The first-order chi connectivity index (χ1) is 5.64. The molecular formula is C9H18ClNO. The van der Waals surface area contributed by atoms with Crippen molar-refractivity contribution in [3.8, 4) is 0 Å². The summed E-state index contributed by atoms with van der Waals surface area (Å²) < 4.78 is 5.49. The highest BCUT2D eigenvalue weighted by Crippen LogP contribution is 2.12. The molecule has 1 heterocycles. The van der Waals surface area contributed by atoms with E-state index in [1.165, 1.54) is 12.8 Å². The summed E-state index contributed by atoms with van der Waals surface area (Å²) in [6.07, 6.45) is 2.80. The Bertz CT molecular complexity index is 132. The van der Waals surface area contributed by atoms with E-state index >= 15 is 0 Å². The Morgan fingerprint density at radius 2 is 2.33 bits per heavy atom. The maximum absolute atomic E-state index is 5.78. The predicted molar refractivity (Wildman–Crippen MR) is 51.8 cm³/mol. The molecular weight excluding hydrogens is 174 g/mol. The summed E-state index contributed by atoms with van der Waals surface area (Å²) in [4.78, 5) is 0. The van der Waals surface area contributed by atoms with Crippen molar-refractivity contribution < 1.29 is 4.74 Å². The molecule has 1 saturated heterocycles. The number of ether oxygens (including phenoxy) is 1. The first-order valence-corrected chi connectivity index (χ1v) is 5.10. The summed E-state index contributed by atoms with van der Waals surface area (Å²) in [5.41, 5.74) is 0.0352. The van der Waals surface area contributed by atoms with E-state index in [-0.39, 0.29) is 5.54 Å². The molecule has 12 heavy (non-hydrogen) atoms. The van der Waals surface area contributed by atoms with Gasteiger partial charge in [0.2, 0.25) is 0 Å². The lowest BCUT2D eigenvalue weighted by atomic mass is 10.1. The number of rotatable bonds is 4. The second-order valence-electron chi connectivity index (χ2n) is 4.03. The standard InChI is InChI=1S/C9H18ClNO/c1-9(2,7-10)11-6-8-4-3-5-12-8/h8,11H,3-7H2,1-2H3. The van der Waals surface area contributed by atoms with Crippen LogP contribution in [0.15, 0.2) is 0 Å². The first kappa shape index (κ1) is 10.3. The predicted octanol–water partition coefficient (Wildman–Crippen LogP) is 1.77. The second-order valence-corrected chi connectivity index (χ2v) is 4.30. The van der Waals surface area contributed by atoms with Crippen molar-refractivity contribution >= 4 is 11.6 Å². The number of hydrogen-bond donors (Lipinski definition) is 1. The summed E-state index contributed by atoms with van der Waals surface area (Å²) in [5.74, 6) is 0.639. The van der Waals surface area contributed by atoms with E-state index in [4.69, 9.17) is 16.3 Å². The van der Waals surface area contributed by atoms with Gasteiger partial charge in [-0.25, -0.2) is 0 Å². The Hall–Kier alpha value is 0.210. The highest BCUT2D eigenvalue weighted by molar-refractivity contribution is 6.18. The molecule has 0 saturated carbocycles. The van der Waals surface area contributed by atoms with Gasteiger partial charge in [-0.15, -0.1) is 11.6 Å². The van der Waals surface area contributed by atoms with Gasteiger partial charge >= 0.3 is 0 Å². The van der Waals surface area contributed by atoms with Crippen molar-refractivity contribution in [1.82, 2.24) is 5.32 Å². The zero-order valence-electron chi connectivity index (χ0n) is 7.90. The van der Waals surface area contributed by atoms with Crippen LogP contribution < -0.4 is 5.32 Å². The van der Waals surface area contributed by atoms with Crippen LogP contribution in [-0.2, 0) is 4.74 Å². The molecule has 0 bridgehead atoms. The van der Waals surface area contributed by atoms with E-state index < -0.39 is 0 Å². The molecule has 0 aromatic rings. The summed E-state index contributed by atoms with van der Waals surface area (Å²) in [6.45, 7) is 6.07. The highest BCUT2D eigenvalue weighted by Gasteiger charge is 2.20. The highest BCUT2D eigenvalue weighted by atomic mass is 35.5. The Labute approximate surface area is 79.6 Å². The fraction of sp³-hybridized carbons (Fsp3) is 1.00. The Balaban J connectivity index is 2.15. The molecule has 0 radical (unpaired) electrons. The molecule has 1 atom stereocenters. The minimum atomic E-state index is 0.0352. The van der Waals surface area contributed by atoms with E-state index in [0.29, 0.717) is 12.0 Å². The largest absolute Gasteiger partial charge is 0.377 e. The van der Waals surface area contributed by atoms with Crippen LogP contribution in [0.1, 0.15) is 26.7 Å². The number of hydrogen-bond acceptors (Lipinski definition) is 2. The van der Waals surface area contributed by atoms with Gasteiger partial charge < -0.3 is 10.1 Å². The minimum Gasteiger partial charge on any atom is -0.377 e. The molecule has 3 heteroatoms. The number of nitrogens with one attached hydrogen (secondary N) is 1. The van der Waals surface area contributed by atoms with E-state index in [9.17, 15) is 0 Å². The normalized spacial score (nSPS) is 24.8. The zero-order chi connectivity index (χ0) is 9.03. The van der Waals surface area contributed by atoms with Crippen molar-refractivity contribution in [2.45, 2.75) is 38.3 Å². The molecule has 72 valence electrons. The van der Waals surface area contributed by atoms with Crippen molar-refractivity contribution in [2.75, 3.05) is 19.0 Å². The lowest BCUT2D eigenvalue weighted by molar-refractivity contribution is 0.104. The van der Waals surface area contributed by atoms with Gasteiger partial charge in [-0.2, -0.15) is 0 Å². The SMILES string of the molecule is CC(C)(CCl)NCC1CCCO1. The van der Waals surface area contributed by atoms with E-state index in [1.807, 2.05) is 0 Å². The van der Waals surface area contributed by atoms with Crippen molar-refractivity contribution in [2.24, 2.45) is 0 Å². The topological polar surface area (TPSA) is 21.3 Å². The van der Waals surface area contributed by atoms with Crippen molar-refractivity contribution in [1.29, 1.82) is 0 Å². The van der Waals surface area contributed by atoms with Gasteiger partial charge in [0.1, 0.15) is 0 Å². The van der Waals surface area contributed by atoms with Gasteiger partial charge in [0, 0.05) is 24.6 Å². The van der Waals surface area contributed by atoms with Gasteiger partial charge in [0.05, 0.1) is 6.10 Å². The van der Waals surface area contributed by atoms with E-state index in [2.05, 4.69) is 19.2 Å². The minimum absolute atomic E-state index is 0.0352. The fourth-order valence-corrected chi connectivity index (χ4v) is 1.34. The quantitative estimate of drug-likeness (QED) is 0.684. The lowest BCUT2D eigenvalue weighted by Crippen LogP contribution is -2.44. The van der Waals surface area contributed by atoms with Gasteiger partial charge in [-0.1, -0.05) is 0 Å². The monoisotopic (exact) mass is 191 g/mol. The van der Waals surface area contributed by atoms with E-state index in [1.54, 1.807) is 0 Å². The van der Waals surface area contributed by atoms with Crippen molar-refractivity contribution in [3.05, 3.63) is 0 Å². The van der Waals surface area contributed by atoms with Gasteiger partial charge in [0.25, 0.3) is 0 Å². The zero-order valence-corrected chi connectivity index (χ0v) is 8.66. The third kappa shape index (κ3) is 3.30. The van der Waals surface area contributed by atoms with Gasteiger partial charge in [0.15, 0.2) is 0 Å². The average molecular weight is 192 g/mol. The maximum atomic E-state index is 5.78. The Morgan fingerprint density at radius 1 is 1.58 bits per heavy atom. The van der Waals surface area contributed by atoms with Crippen LogP contribution in [0.4, 0.5) is 0 Å². The van der Waals surface area contributed by atoms with Crippen LogP contribution in [-0.4, -0.2) is 30.7 Å². The van der Waals surface area contributed by atoms with Crippen molar-refractivity contribution in [3.63, 3.8) is 0 Å². The van der Waals surface area contributed by atoms with Crippen LogP contribution in [0, 0.1) is 0 Å². The number of halogens is 1. The van der Waals surface area contributed by atoms with Crippen LogP contribution in [0.5, 0.6) is 0 Å². The fourth-order valence-electron chi connectivity index (χ4n) is 1.24. The molecule has 0 aromatic carbocycles. The van der Waals surface area contributed by atoms with Gasteiger partial charge in [-0.3, -0.25) is 0 Å². The molecule has 0 aromatic heterocycles. The van der Waals surface area contributed by atoms with Crippen LogP contribution in [0.3, 0.4) is 0 Å². The second kappa shape index (κ2) is 4.45. The molecule has 1 unspecified atom stereocenters. The molecule has 1 aliphatic rings. The Kier molecular flexibility index (Phi) is 3.81. The maximum Gasteiger partial charge on any atom is 0.0700 e. The van der Waals surface area contributed by atoms with Crippen LogP contribution in [0.25, 0.3) is 0 Å². The third-order valence-corrected chi connectivity index (χ3v) is 2.83. The van der Waals surface area contributed by atoms with E-state index in [0.717, 1.165) is 13.2 Å². The molecule has 1 N–H and O–H groups in total. The Morgan fingerprint density at radius 3 is 2.83 bits per heavy atom. The summed E-state index contributed by atoms with van der Waals surface area (Å²) in [6, 6.07) is 0. The number of alkyl halides is 1. The molecule has 1 fully saturated rings.